The molecular formula is C32H28N4O2. The molecule has 4 N–H and O–H groups in total. The Kier molecular flexibility index (Phi) is 6.02. The molecule has 0 radical (unpaired) electrons. The van der Waals surface area contributed by atoms with E-state index in [2.05, 4.69) is 58.4 Å². The first-order chi connectivity index (χ1) is 18.5. The smallest absolute Gasteiger partial charge is 0.250 e. The normalized spacial score (nSPS) is 12.3. The molecule has 4 aromatic carbocycles. The highest BCUT2D eigenvalue weighted by Crippen LogP contribution is 2.39. The zero-order chi connectivity index (χ0) is 26.2. The van der Waals surface area contributed by atoms with Gasteiger partial charge in [-0.1, -0.05) is 48.5 Å². The summed E-state index contributed by atoms with van der Waals surface area (Å²) in [5.41, 5.74) is 12.9. The molecule has 6 nitrogen and oxygen atoms in total. The molecule has 0 bridgehead atoms. The average molecular weight is 501 g/mol. The summed E-state index contributed by atoms with van der Waals surface area (Å²) < 4.78 is 2.22. The van der Waals surface area contributed by atoms with Crippen molar-refractivity contribution in [2.75, 3.05) is 11.9 Å². The lowest BCUT2D eigenvalue weighted by atomic mass is 9.99. The number of primary amides is 1. The van der Waals surface area contributed by atoms with E-state index in [0.717, 1.165) is 49.5 Å². The SMILES string of the molecule is CC(CCO)Nc1cc(-n2c3ccccc3c3c(-c4cnc5ccccc5c4)cccc32)ccc1C(N)=O. The van der Waals surface area contributed by atoms with Gasteiger partial charge in [0.2, 0.25) is 0 Å². The summed E-state index contributed by atoms with van der Waals surface area (Å²) in [6.45, 7) is 2.02. The summed E-state index contributed by atoms with van der Waals surface area (Å²) in [7, 11) is 0. The number of amides is 1. The van der Waals surface area contributed by atoms with Crippen LogP contribution in [0.3, 0.4) is 0 Å². The highest BCUT2D eigenvalue weighted by Gasteiger charge is 2.18. The average Bonchev–Trinajstić information content (AvgIpc) is 3.27. The van der Waals surface area contributed by atoms with Gasteiger partial charge in [0.25, 0.3) is 5.91 Å². The highest BCUT2D eigenvalue weighted by molar-refractivity contribution is 6.16. The third-order valence-corrected chi connectivity index (χ3v) is 7.09. The Morgan fingerprint density at radius 1 is 0.974 bits per heavy atom. The highest BCUT2D eigenvalue weighted by atomic mass is 16.3. The number of carbonyl (C=O) groups excluding carboxylic acids is 1. The van der Waals surface area contributed by atoms with Gasteiger partial charge in [0, 0.05) is 51.9 Å². The van der Waals surface area contributed by atoms with Crippen LogP contribution in [-0.4, -0.2) is 33.2 Å². The number of hydrogen-bond acceptors (Lipinski definition) is 4. The Bertz CT molecular complexity index is 1820. The third-order valence-electron chi connectivity index (χ3n) is 7.09. The second-order valence-electron chi connectivity index (χ2n) is 9.62. The molecule has 0 fully saturated rings. The van der Waals surface area contributed by atoms with Crippen LogP contribution in [0.15, 0.2) is 97.2 Å². The molecule has 6 rings (SSSR count). The van der Waals surface area contributed by atoms with Crippen LogP contribution < -0.4 is 11.1 Å². The first kappa shape index (κ1) is 23.7. The van der Waals surface area contributed by atoms with Crippen molar-refractivity contribution in [3.8, 4) is 16.8 Å². The molecule has 1 atom stereocenters. The van der Waals surface area contributed by atoms with Crippen molar-refractivity contribution in [1.82, 2.24) is 9.55 Å². The van der Waals surface area contributed by atoms with Gasteiger partial charge in [0.05, 0.1) is 22.1 Å². The second kappa shape index (κ2) is 9.65. The predicted octanol–water partition coefficient (Wildman–Crippen LogP) is 6.28. The quantitative estimate of drug-likeness (QED) is 0.240. The summed E-state index contributed by atoms with van der Waals surface area (Å²) in [6.07, 6.45) is 2.50. The molecule has 0 saturated carbocycles. The molecule has 38 heavy (non-hydrogen) atoms. The van der Waals surface area contributed by atoms with Gasteiger partial charge >= 0.3 is 0 Å². The van der Waals surface area contributed by atoms with E-state index in [1.807, 2.05) is 49.5 Å². The van der Waals surface area contributed by atoms with Crippen molar-refractivity contribution in [2.24, 2.45) is 5.73 Å². The van der Waals surface area contributed by atoms with E-state index in [0.29, 0.717) is 17.7 Å². The van der Waals surface area contributed by atoms with E-state index in [1.165, 1.54) is 0 Å². The first-order valence-corrected chi connectivity index (χ1v) is 12.7. The van der Waals surface area contributed by atoms with Crippen LogP contribution >= 0.6 is 0 Å². The van der Waals surface area contributed by atoms with E-state index < -0.39 is 5.91 Å². The number of fused-ring (bicyclic) bond motifs is 4. The summed E-state index contributed by atoms with van der Waals surface area (Å²) in [5.74, 6) is -0.497. The fourth-order valence-electron chi connectivity index (χ4n) is 5.29. The largest absolute Gasteiger partial charge is 0.396 e. The maximum Gasteiger partial charge on any atom is 0.250 e. The van der Waals surface area contributed by atoms with Crippen LogP contribution in [0.5, 0.6) is 0 Å². The van der Waals surface area contributed by atoms with E-state index in [1.54, 1.807) is 6.07 Å². The molecule has 2 heterocycles. The number of anilines is 1. The number of aliphatic hydroxyl groups excluding tert-OH is 1. The van der Waals surface area contributed by atoms with E-state index in [4.69, 9.17) is 10.7 Å². The molecule has 0 aliphatic heterocycles. The number of hydrogen-bond donors (Lipinski definition) is 3. The molecule has 2 aromatic heterocycles. The maximum atomic E-state index is 12.2. The molecular weight excluding hydrogens is 472 g/mol. The van der Waals surface area contributed by atoms with Crippen LogP contribution in [0.2, 0.25) is 0 Å². The summed E-state index contributed by atoms with van der Waals surface area (Å²) in [6, 6.07) is 30.6. The molecule has 0 spiro atoms. The molecule has 0 aliphatic carbocycles. The number of nitrogens with one attached hydrogen (secondary N) is 1. The fraction of sp³-hybridized carbons (Fsp3) is 0.125. The van der Waals surface area contributed by atoms with Gasteiger partial charge < -0.3 is 20.7 Å². The summed E-state index contributed by atoms with van der Waals surface area (Å²) >= 11 is 0. The maximum absolute atomic E-state index is 12.2. The molecule has 1 amide bonds. The standard InChI is InChI=1S/C32H28N4O2/c1-20(15-16-37)35-28-18-23(13-14-25(28)32(33)38)36-29-11-5-3-8-26(29)31-24(9-6-12-30(31)36)22-17-21-7-2-4-10-27(21)34-19-22/h2-14,17-20,35,37H,15-16H2,1H3,(H2,33,38). The van der Waals surface area contributed by atoms with Crippen LogP contribution in [0.4, 0.5) is 5.69 Å². The van der Waals surface area contributed by atoms with Crippen LogP contribution in [-0.2, 0) is 0 Å². The lowest BCUT2D eigenvalue weighted by molar-refractivity contribution is 0.100. The number of aromatic nitrogens is 2. The van der Waals surface area contributed by atoms with Crippen molar-refractivity contribution in [2.45, 2.75) is 19.4 Å². The van der Waals surface area contributed by atoms with Crippen molar-refractivity contribution < 1.29 is 9.90 Å². The Balaban J connectivity index is 1.59. The molecule has 0 aliphatic rings. The van der Waals surface area contributed by atoms with Crippen molar-refractivity contribution in [1.29, 1.82) is 0 Å². The fourth-order valence-corrected chi connectivity index (χ4v) is 5.29. The number of para-hydroxylation sites is 2. The van der Waals surface area contributed by atoms with E-state index in [9.17, 15) is 9.90 Å². The summed E-state index contributed by atoms with van der Waals surface area (Å²) in [4.78, 5) is 16.9. The number of rotatable bonds is 7. The third kappa shape index (κ3) is 4.05. The Morgan fingerprint density at radius 2 is 1.76 bits per heavy atom. The molecule has 6 aromatic rings. The number of carbonyl (C=O) groups is 1. The zero-order valence-corrected chi connectivity index (χ0v) is 21.1. The Labute approximate surface area is 220 Å². The van der Waals surface area contributed by atoms with Crippen molar-refractivity contribution in [3.63, 3.8) is 0 Å². The van der Waals surface area contributed by atoms with Crippen LogP contribution in [0.25, 0.3) is 49.5 Å². The van der Waals surface area contributed by atoms with Crippen LogP contribution in [0.1, 0.15) is 23.7 Å². The lowest BCUT2D eigenvalue weighted by Gasteiger charge is -2.18. The minimum Gasteiger partial charge on any atom is -0.396 e. The Hall–Kier alpha value is -4.68. The number of pyridine rings is 1. The number of nitrogens with two attached hydrogens (primary N) is 1. The lowest BCUT2D eigenvalue weighted by Crippen LogP contribution is -2.21. The van der Waals surface area contributed by atoms with Gasteiger partial charge in [0.1, 0.15) is 0 Å². The van der Waals surface area contributed by atoms with Gasteiger partial charge in [-0.15, -0.1) is 0 Å². The van der Waals surface area contributed by atoms with Crippen molar-refractivity contribution in [3.05, 3.63) is 103 Å². The van der Waals surface area contributed by atoms with E-state index in [-0.39, 0.29) is 12.6 Å². The summed E-state index contributed by atoms with van der Waals surface area (Å²) in [5, 5.41) is 16.1. The topological polar surface area (TPSA) is 93.2 Å². The predicted molar refractivity (Wildman–Crippen MR) is 155 cm³/mol. The number of benzene rings is 4. The number of nitrogens with zero attached hydrogens (tertiary/aromatic N) is 2. The van der Waals surface area contributed by atoms with Crippen LogP contribution in [0, 0.1) is 0 Å². The zero-order valence-electron chi connectivity index (χ0n) is 21.1. The van der Waals surface area contributed by atoms with Gasteiger partial charge in [-0.05, 0) is 61.4 Å². The van der Waals surface area contributed by atoms with Gasteiger partial charge in [-0.2, -0.15) is 0 Å². The van der Waals surface area contributed by atoms with Crippen molar-refractivity contribution >= 4 is 44.3 Å². The van der Waals surface area contributed by atoms with E-state index >= 15 is 0 Å². The second-order valence-corrected chi connectivity index (χ2v) is 9.62. The minimum absolute atomic E-state index is 0.0292. The van der Waals surface area contributed by atoms with Gasteiger partial charge in [0.15, 0.2) is 0 Å². The molecule has 0 saturated heterocycles. The Morgan fingerprint density at radius 3 is 2.61 bits per heavy atom. The monoisotopic (exact) mass is 500 g/mol. The first-order valence-electron chi connectivity index (χ1n) is 12.7. The minimum atomic E-state index is -0.497. The molecule has 188 valence electrons. The van der Waals surface area contributed by atoms with Gasteiger partial charge in [-0.3, -0.25) is 9.78 Å². The molecule has 1 unspecified atom stereocenters. The van der Waals surface area contributed by atoms with Gasteiger partial charge in [-0.25, -0.2) is 0 Å². The number of aliphatic hydroxyl groups is 1. The molecule has 6 heteroatoms.